The fourth-order valence-electron chi connectivity index (χ4n) is 3.49. The third kappa shape index (κ3) is 3.64. The summed E-state index contributed by atoms with van der Waals surface area (Å²) < 4.78 is 24.4. The SMILES string of the molecule is COc1cc(F)ccc1OC1CC(Nc2nc(C)c3c(n2)N(C)[C@@H](C)C(=O)N3)C1. The first-order chi connectivity index (χ1) is 13.9. The van der Waals surface area contributed by atoms with Crippen molar-refractivity contribution in [2.45, 2.75) is 44.9 Å². The molecule has 1 atom stereocenters. The molecule has 1 fully saturated rings. The molecule has 9 heteroatoms. The number of hydrogen-bond donors (Lipinski definition) is 2. The highest BCUT2D eigenvalue weighted by Crippen LogP contribution is 2.35. The standard InChI is InChI=1S/C20H24FN5O3/c1-10-17-18(26(3)11(2)19(27)24-17)25-20(22-10)23-13-8-14(9-13)29-15-6-5-12(21)7-16(15)28-4/h5-7,11,13-14H,8-9H2,1-4H3,(H,24,27)(H,22,23,25)/t11-,13?,14?/m0/s1. The molecule has 1 amide bonds. The van der Waals surface area contributed by atoms with Crippen molar-refractivity contribution in [2.75, 3.05) is 29.7 Å². The van der Waals surface area contributed by atoms with E-state index in [4.69, 9.17) is 9.47 Å². The van der Waals surface area contributed by atoms with Crippen molar-refractivity contribution < 1.29 is 18.7 Å². The zero-order valence-corrected chi connectivity index (χ0v) is 16.8. The molecule has 8 nitrogen and oxygen atoms in total. The molecule has 1 aromatic carbocycles. The average Bonchev–Trinajstić information content (AvgIpc) is 2.66. The molecule has 2 N–H and O–H groups in total. The monoisotopic (exact) mass is 401 g/mol. The lowest BCUT2D eigenvalue weighted by Crippen LogP contribution is -2.45. The van der Waals surface area contributed by atoms with Crippen molar-refractivity contribution >= 4 is 23.4 Å². The molecule has 2 aliphatic rings. The Kier molecular flexibility index (Phi) is 4.89. The molecule has 0 radical (unpaired) electrons. The summed E-state index contributed by atoms with van der Waals surface area (Å²) in [6.45, 7) is 3.68. The number of anilines is 3. The van der Waals surface area contributed by atoms with E-state index in [0.29, 0.717) is 34.6 Å². The summed E-state index contributed by atoms with van der Waals surface area (Å²) >= 11 is 0. The quantitative estimate of drug-likeness (QED) is 0.796. The summed E-state index contributed by atoms with van der Waals surface area (Å²) in [5, 5.41) is 6.21. The van der Waals surface area contributed by atoms with Crippen LogP contribution in [0.15, 0.2) is 18.2 Å². The molecule has 0 spiro atoms. The smallest absolute Gasteiger partial charge is 0.246 e. The molecule has 1 aromatic heterocycles. The molecule has 29 heavy (non-hydrogen) atoms. The van der Waals surface area contributed by atoms with E-state index in [2.05, 4.69) is 20.6 Å². The van der Waals surface area contributed by atoms with Crippen LogP contribution in [-0.2, 0) is 4.79 Å². The Hall–Kier alpha value is -3.10. The van der Waals surface area contributed by atoms with E-state index >= 15 is 0 Å². The van der Waals surface area contributed by atoms with Gasteiger partial charge in [-0.25, -0.2) is 9.37 Å². The summed E-state index contributed by atoms with van der Waals surface area (Å²) in [5.41, 5.74) is 1.37. The third-order valence-electron chi connectivity index (χ3n) is 5.46. The lowest BCUT2D eigenvalue weighted by atomic mass is 9.89. The first kappa shape index (κ1) is 19.2. The molecule has 1 aliphatic heterocycles. The summed E-state index contributed by atoms with van der Waals surface area (Å²) in [7, 11) is 3.34. The van der Waals surface area contributed by atoms with Gasteiger partial charge in [-0.05, 0) is 26.0 Å². The van der Waals surface area contributed by atoms with Crippen LogP contribution in [0, 0.1) is 12.7 Å². The van der Waals surface area contributed by atoms with Crippen LogP contribution >= 0.6 is 0 Å². The van der Waals surface area contributed by atoms with Crippen LogP contribution in [0.4, 0.5) is 21.8 Å². The molecule has 2 aromatic rings. The Morgan fingerprint density at radius 2 is 2.03 bits per heavy atom. The van der Waals surface area contributed by atoms with E-state index in [-0.39, 0.29) is 29.9 Å². The van der Waals surface area contributed by atoms with Crippen LogP contribution in [0.2, 0.25) is 0 Å². The Balaban J connectivity index is 1.40. The van der Waals surface area contributed by atoms with Crippen LogP contribution in [0.25, 0.3) is 0 Å². The van der Waals surface area contributed by atoms with Gasteiger partial charge < -0.3 is 25.0 Å². The zero-order chi connectivity index (χ0) is 20.7. The normalized spacial score (nSPS) is 23.0. The number of ether oxygens (including phenoxy) is 2. The highest BCUT2D eigenvalue weighted by Gasteiger charge is 2.34. The summed E-state index contributed by atoms with van der Waals surface area (Å²) in [5.74, 6) is 1.72. The Labute approximate surface area is 168 Å². The van der Waals surface area contributed by atoms with Gasteiger partial charge in [0.1, 0.15) is 23.7 Å². The molecule has 0 bridgehead atoms. The number of likely N-dealkylation sites (N-methyl/N-ethyl adjacent to an activating group) is 1. The Bertz CT molecular complexity index is 948. The Morgan fingerprint density at radius 1 is 1.28 bits per heavy atom. The van der Waals surface area contributed by atoms with Gasteiger partial charge in [0.25, 0.3) is 0 Å². The van der Waals surface area contributed by atoms with Gasteiger partial charge in [0.15, 0.2) is 17.3 Å². The molecule has 4 rings (SSSR count). The van der Waals surface area contributed by atoms with Crippen molar-refractivity contribution in [1.29, 1.82) is 0 Å². The van der Waals surface area contributed by atoms with Crippen LogP contribution < -0.4 is 25.0 Å². The number of halogens is 1. The zero-order valence-electron chi connectivity index (χ0n) is 16.8. The molecule has 1 saturated carbocycles. The lowest BCUT2D eigenvalue weighted by Gasteiger charge is -2.37. The lowest BCUT2D eigenvalue weighted by molar-refractivity contribution is -0.117. The molecule has 2 heterocycles. The highest BCUT2D eigenvalue weighted by molar-refractivity contribution is 6.03. The van der Waals surface area contributed by atoms with Gasteiger partial charge in [-0.1, -0.05) is 0 Å². The van der Waals surface area contributed by atoms with Gasteiger partial charge in [-0.15, -0.1) is 0 Å². The maximum absolute atomic E-state index is 13.3. The summed E-state index contributed by atoms with van der Waals surface area (Å²) in [6, 6.07) is 4.12. The van der Waals surface area contributed by atoms with Crippen molar-refractivity contribution in [3.63, 3.8) is 0 Å². The van der Waals surface area contributed by atoms with Crippen LogP contribution in [0.5, 0.6) is 11.5 Å². The molecular weight excluding hydrogens is 377 g/mol. The van der Waals surface area contributed by atoms with Gasteiger partial charge >= 0.3 is 0 Å². The van der Waals surface area contributed by atoms with Gasteiger partial charge in [-0.3, -0.25) is 4.79 Å². The topological polar surface area (TPSA) is 88.6 Å². The fourth-order valence-corrected chi connectivity index (χ4v) is 3.49. The number of aryl methyl sites for hydroxylation is 1. The van der Waals surface area contributed by atoms with Gasteiger partial charge in [-0.2, -0.15) is 4.98 Å². The number of carbonyl (C=O) groups is 1. The van der Waals surface area contributed by atoms with Gasteiger partial charge in [0.05, 0.1) is 12.8 Å². The first-order valence-electron chi connectivity index (χ1n) is 9.54. The first-order valence-corrected chi connectivity index (χ1v) is 9.54. The van der Waals surface area contributed by atoms with E-state index < -0.39 is 0 Å². The van der Waals surface area contributed by atoms with Crippen molar-refractivity contribution in [3.8, 4) is 11.5 Å². The second-order valence-electron chi connectivity index (χ2n) is 7.46. The number of hydrogen-bond acceptors (Lipinski definition) is 7. The van der Waals surface area contributed by atoms with Crippen LogP contribution in [-0.4, -0.2) is 48.2 Å². The van der Waals surface area contributed by atoms with E-state index in [0.717, 1.165) is 12.8 Å². The van der Waals surface area contributed by atoms with E-state index in [1.165, 1.54) is 19.2 Å². The summed E-state index contributed by atoms with van der Waals surface area (Å²) in [4.78, 5) is 22.9. The number of rotatable bonds is 5. The predicted octanol–water partition coefficient (Wildman–Crippen LogP) is 2.73. The second-order valence-corrected chi connectivity index (χ2v) is 7.46. The number of amides is 1. The van der Waals surface area contributed by atoms with E-state index in [9.17, 15) is 9.18 Å². The fraction of sp³-hybridized carbons (Fsp3) is 0.450. The minimum atomic E-state index is -0.363. The summed E-state index contributed by atoms with van der Waals surface area (Å²) in [6.07, 6.45) is 1.54. The largest absolute Gasteiger partial charge is 0.493 e. The van der Waals surface area contributed by atoms with Gasteiger partial charge in [0.2, 0.25) is 11.9 Å². The minimum absolute atomic E-state index is 0.00701. The molecule has 0 saturated heterocycles. The average molecular weight is 401 g/mol. The molecule has 154 valence electrons. The number of aromatic nitrogens is 2. The highest BCUT2D eigenvalue weighted by atomic mass is 19.1. The second kappa shape index (κ2) is 7.38. The molecule has 0 unspecified atom stereocenters. The van der Waals surface area contributed by atoms with Crippen LogP contribution in [0.1, 0.15) is 25.5 Å². The number of methoxy groups -OCH3 is 1. The van der Waals surface area contributed by atoms with Crippen molar-refractivity contribution in [1.82, 2.24) is 9.97 Å². The van der Waals surface area contributed by atoms with Crippen LogP contribution in [0.3, 0.4) is 0 Å². The number of carbonyl (C=O) groups excluding carboxylic acids is 1. The van der Waals surface area contributed by atoms with Crippen molar-refractivity contribution in [2.24, 2.45) is 0 Å². The number of nitrogens with one attached hydrogen (secondary N) is 2. The predicted molar refractivity (Wildman–Crippen MR) is 107 cm³/mol. The maximum Gasteiger partial charge on any atom is 0.246 e. The molecule has 1 aliphatic carbocycles. The number of fused-ring (bicyclic) bond motifs is 1. The minimum Gasteiger partial charge on any atom is -0.493 e. The number of benzene rings is 1. The molecular formula is C20H24FN5O3. The van der Waals surface area contributed by atoms with Gasteiger partial charge in [0, 0.05) is 32.0 Å². The third-order valence-corrected chi connectivity index (χ3v) is 5.46. The number of nitrogens with zero attached hydrogens (tertiary/aromatic N) is 3. The van der Waals surface area contributed by atoms with E-state index in [1.54, 1.807) is 6.07 Å². The maximum atomic E-state index is 13.3. The van der Waals surface area contributed by atoms with Crippen molar-refractivity contribution in [3.05, 3.63) is 29.7 Å². The van der Waals surface area contributed by atoms with E-state index in [1.807, 2.05) is 25.8 Å². The Morgan fingerprint density at radius 3 is 2.76 bits per heavy atom.